The number of rotatable bonds is 1. The number of carbonyl (C=O) groups is 1. The molecule has 1 saturated carbocycles. The molecule has 1 aliphatic carbocycles. The van der Waals surface area contributed by atoms with Crippen molar-refractivity contribution in [3.8, 4) is 0 Å². The Morgan fingerprint density at radius 1 is 1.17 bits per heavy atom. The SMILES string of the molecule is CC1OC(=O)C(c2ccccc2)C2(CCCC2)O1. The summed E-state index contributed by atoms with van der Waals surface area (Å²) in [6.45, 7) is 1.80. The fourth-order valence-corrected chi connectivity index (χ4v) is 3.33. The highest BCUT2D eigenvalue weighted by Crippen LogP contribution is 2.48. The van der Waals surface area contributed by atoms with Crippen molar-refractivity contribution in [3.05, 3.63) is 35.9 Å². The van der Waals surface area contributed by atoms with Crippen LogP contribution in [0.2, 0.25) is 0 Å². The van der Waals surface area contributed by atoms with Crippen LogP contribution in [0.4, 0.5) is 0 Å². The van der Waals surface area contributed by atoms with Gasteiger partial charge in [0.25, 0.3) is 0 Å². The Hall–Kier alpha value is -1.35. The molecule has 1 heterocycles. The second-order valence-electron chi connectivity index (χ2n) is 5.24. The summed E-state index contributed by atoms with van der Waals surface area (Å²) in [5.41, 5.74) is 0.673. The molecule has 0 amide bonds. The van der Waals surface area contributed by atoms with Gasteiger partial charge in [-0.3, -0.25) is 4.79 Å². The zero-order chi connectivity index (χ0) is 12.6. The van der Waals surface area contributed by atoms with Crippen molar-refractivity contribution in [3.63, 3.8) is 0 Å². The molecule has 0 bridgehead atoms. The average Bonchev–Trinajstić information content (AvgIpc) is 2.78. The number of cyclic esters (lactones) is 1. The van der Waals surface area contributed by atoms with Gasteiger partial charge in [0.05, 0.1) is 5.60 Å². The maximum absolute atomic E-state index is 12.3. The number of ether oxygens (including phenoxy) is 2. The van der Waals surface area contributed by atoms with E-state index >= 15 is 0 Å². The Morgan fingerprint density at radius 2 is 1.83 bits per heavy atom. The van der Waals surface area contributed by atoms with Crippen LogP contribution >= 0.6 is 0 Å². The summed E-state index contributed by atoms with van der Waals surface area (Å²) in [7, 11) is 0. The smallest absolute Gasteiger partial charge is 0.318 e. The van der Waals surface area contributed by atoms with Crippen LogP contribution < -0.4 is 0 Å². The van der Waals surface area contributed by atoms with Crippen molar-refractivity contribution in [2.75, 3.05) is 0 Å². The standard InChI is InChI=1S/C15H18O3/c1-11-17-14(16)13(12-7-3-2-4-8-12)15(18-11)9-5-6-10-15/h2-4,7-8,11,13H,5-6,9-10H2,1H3. The van der Waals surface area contributed by atoms with Gasteiger partial charge < -0.3 is 9.47 Å². The van der Waals surface area contributed by atoms with Crippen molar-refractivity contribution in [1.29, 1.82) is 0 Å². The number of hydrogen-bond acceptors (Lipinski definition) is 3. The molecule has 0 radical (unpaired) electrons. The van der Waals surface area contributed by atoms with Gasteiger partial charge in [-0.2, -0.15) is 0 Å². The highest BCUT2D eigenvalue weighted by Gasteiger charge is 2.52. The Kier molecular flexibility index (Phi) is 2.86. The Morgan fingerprint density at radius 3 is 2.50 bits per heavy atom. The lowest BCUT2D eigenvalue weighted by Crippen LogP contribution is -2.49. The zero-order valence-electron chi connectivity index (χ0n) is 10.6. The third kappa shape index (κ3) is 1.83. The lowest BCUT2D eigenvalue weighted by molar-refractivity contribution is -0.245. The van der Waals surface area contributed by atoms with E-state index in [1.165, 1.54) is 0 Å². The summed E-state index contributed by atoms with van der Waals surface area (Å²) in [6.07, 6.45) is 3.74. The predicted molar refractivity (Wildman–Crippen MR) is 67.0 cm³/mol. The molecule has 2 atom stereocenters. The molecule has 0 aromatic heterocycles. The van der Waals surface area contributed by atoms with Gasteiger partial charge in [0.15, 0.2) is 0 Å². The number of esters is 1. The minimum Gasteiger partial charge on any atom is -0.436 e. The van der Waals surface area contributed by atoms with E-state index in [0.717, 1.165) is 31.2 Å². The molecule has 96 valence electrons. The number of carbonyl (C=O) groups excluding carboxylic acids is 1. The van der Waals surface area contributed by atoms with Crippen LogP contribution in [0.15, 0.2) is 30.3 Å². The molecule has 2 unspecified atom stereocenters. The number of hydrogen-bond donors (Lipinski definition) is 0. The van der Waals surface area contributed by atoms with E-state index < -0.39 is 6.29 Å². The molecule has 3 rings (SSSR count). The Balaban J connectivity index is 2.00. The summed E-state index contributed by atoms with van der Waals surface area (Å²) in [5, 5.41) is 0. The van der Waals surface area contributed by atoms with Gasteiger partial charge >= 0.3 is 5.97 Å². The van der Waals surface area contributed by atoms with Gasteiger partial charge in [-0.05, 0) is 25.3 Å². The molecule has 1 aromatic carbocycles. The Bertz CT molecular complexity index is 434. The van der Waals surface area contributed by atoms with Crippen LogP contribution in [0.25, 0.3) is 0 Å². The highest BCUT2D eigenvalue weighted by atomic mass is 16.7. The van der Waals surface area contributed by atoms with Crippen LogP contribution in [-0.2, 0) is 14.3 Å². The van der Waals surface area contributed by atoms with E-state index in [2.05, 4.69) is 0 Å². The molecular weight excluding hydrogens is 228 g/mol. The second-order valence-corrected chi connectivity index (χ2v) is 5.24. The van der Waals surface area contributed by atoms with E-state index in [1.54, 1.807) is 6.92 Å². The molecule has 3 heteroatoms. The van der Waals surface area contributed by atoms with Crippen LogP contribution in [-0.4, -0.2) is 17.9 Å². The van der Waals surface area contributed by atoms with Crippen molar-refractivity contribution in [1.82, 2.24) is 0 Å². The predicted octanol–water partition coefficient (Wildman–Crippen LogP) is 3.00. The highest BCUT2D eigenvalue weighted by molar-refractivity contribution is 5.80. The largest absolute Gasteiger partial charge is 0.436 e. The Labute approximate surface area is 107 Å². The molecule has 2 fully saturated rings. The van der Waals surface area contributed by atoms with Gasteiger partial charge in [0.1, 0.15) is 5.92 Å². The maximum Gasteiger partial charge on any atom is 0.318 e. The fourth-order valence-electron chi connectivity index (χ4n) is 3.33. The first kappa shape index (κ1) is 11.7. The fraction of sp³-hybridized carbons (Fsp3) is 0.533. The number of benzene rings is 1. The van der Waals surface area contributed by atoms with Gasteiger partial charge in [0.2, 0.25) is 6.29 Å². The summed E-state index contributed by atoms with van der Waals surface area (Å²) < 4.78 is 11.3. The summed E-state index contributed by atoms with van der Waals surface area (Å²) >= 11 is 0. The first-order valence-electron chi connectivity index (χ1n) is 6.64. The van der Waals surface area contributed by atoms with E-state index in [1.807, 2.05) is 30.3 Å². The maximum atomic E-state index is 12.3. The van der Waals surface area contributed by atoms with Crippen LogP contribution in [0, 0.1) is 0 Å². The van der Waals surface area contributed by atoms with Crippen LogP contribution in [0.5, 0.6) is 0 Å². The van der Waals surface area contributed by atoms with Gasteiger partial charge in [0, 0.05) is 0 Å². The monoisotopic (exact) mass is 246 g/mol. The van der Waals surface area contributed by atoms with Crippen molar-refractivity contribution in [2.24, 2.45) is 0 Å². The van der Waals surface area contributed by atoms with Gasteiger partial charge in [-0.25, -0.2) is 0 Å². The molecule has 0 N–H and O–H groups in total. The third-order valence-electron chi connectivity index (χ3n) is 4.03. The van der Waals surface area contributed by atoms with Crippen molar-refractivity contribution < 1.29 is 14.3 Å². The van der Waals surface area contributed by atoms with Crippen LogP contribution in [0.1, 0.15) is 44.1 Å². The minimum absolute atomic E-state index is 0.137. The third-order valence-corrected chi connectivity index (χ3v) is 4.03. The molecular formula is C15H18O3. The molecule has 3 nitrogen and oxygen atoms in total. The lowest BCUT2D eigenvalue weighted by Gasteiger charge is -2.42. The zero-order valence-corrected chi connectivity index (χ0v) is 10.6. The first-order chi connectivity index (χ1) is 8.71. The first-order valence-corrected chi connectivity index (χ1v) is 6.64. The second kappa shape index (κ2) is 4.39. The molecule has 2 aliphatic rings. The van der Waals surface area contributed by atoms with E-state index in [9.17, 15) is 4.79 Å². The molecule has 1 aliphatic heterocycles. The van der Waals surface area contributed by atoms with E-state index in [0.29, 0.717) is 0 Å². The molecule has 1 aromatic rings. The van der Waals surface area contributed by atoms with E-state index in [4.69, 9.17) is 9.47 Å². The molecule has 1 saturated heterocycles. The van der Waals surface area contributed by atoms with Gasteiger partial charge in [-0.15, -0.1) is 0 Å². The lowest BCUT2D eigenvalue weighted by atomic mass is 9.80. The topological polar surface area (TPSA) is 35.5 Å². The normalized spacial score (nSPS) is 30.4. The summed E-state index contributed by atoms with van der Waals surface area (Å²) in [6, 6.07) is 9.87. The van der Waals surface area contributed by atoms with E-state index in [-0.39, 0.29) is 17.5 Å². The molecule has 18 heavy (non-hydrogen) atoms. The summed E-state index contributed by atoms with van der Waals surface area (Å²) in [4.78, 5) is 12.3. The van der Waals surface area contributed by atoms with Crippen molar-refractivity contribution in [2.45, 2.75) is 50.4 Å². The van der Waals surface area contributed by atoms with Crippen molar-refractivity contribution >= 4 is 5.97 Å². The minimum atomic E-state index is -0.421. The van der Waals surface area contributed by atoms with Crippen LogP contribution in [0.3, 0.4) is 0 Å². The molecule has 1 spiro atoms. The quantitative estimate of drug-likeness (QED) is 0.714. The summed E-state index contributed by atoms with van der Waals surface area (Å²) in [5.74, 6) is -0.403. The average molecular weight is 246 g/mol. The van der Waals surface area contributed by atoms with Gasteiger partial charge in [-0.1, -0.05) is 43.2 Å².